The van der Waals surface area contributed by atoms with Gasteiger partial charge in [-0.15, -0.1) is 11.8 Å². The summed E-state index contributed by atoms with van der Waals surface area (Å²) in [6.07, 6.45) is 1.62. The van der Waals surface area contributed by atoms with Gasteiger partial charge in [0.2, 0.25) is 0 Å². The van der Waals surface area contributed by atoms with Crippen molar-refractivity contribution in [2.24, 2.45) is 5.92 Å². The first kappa shape index (κ1) is 11.0. The molecule has 1 N–H and O–H groups in total. The summed E-state index contributed by atoms with van der Waals surface area (Å²) in [5.41, 5.74) is 0.290. The molecule has 1 aromatic heterocycles. The van der Waals surface area contributed by atoms with Crippen molar-refractivity contribution in [3.8, 4) is 0 Å². The molecule has 0 aliphatic heterocycles. The number of rotatable bonds is 4. The number of hydrogen-bond acceptors (Lipinski definition) is 3. The smallest absolute Gasteiger partial charge is 0.338 e. The highest BCUT2D eigenvalue weighted by Gasteiger charge is 2.10. The van der Waals surface area contributed by atoms with Crippen LogP contribution in [0.2, 0.25) is 0 Å². The van der Waals surface area contributed by atoms with Crippen LogP contribution in [0.1, 0.15) is 24.2 Å². The summed E-state index contributed by atoms with van der Waals surface area (Å²) in [5.74, 6) is 0.505. The minimum atomic E-state index is -0.913. The molecule has 0 atom stereocenters. The Morgan fingerprint density at radius 1 is 1.64 bits per heavy atom. The number of aromatic carboxylic acids is 1. The Morgan fingerprint density at radius 2 is 2.36 bits per heavy atom. The first-order valence-electron chi connectivity index (χ1n) is 4.42. The van der Waals surface area contributed by atoms with Gasteiger partial charge in [0.05, 0.1) is 5.56 Å². The van der Waals surface area contributed by atoms with E-state index in [9.17, 15) is 4.79 Å². The second-order valence-corrected chi connectivity index (χ2v) is 4.37. The molecule has 0 spiro atoms. The standard InChI is InChI=1S/C10H13NO2S/c1-7(2)6-14-9-8(10(12)13)4-3-5-11-9/h3-5,7H,6H2,1-2H3,(H,12,13). The van der Waals surface area contributed by atoms with Crippen LogP contribution in [-0.2, 0) is 0 Å². The van der Waals surface area contributed by atoms with Crippen LogP contribution < -0.4 is 0 Å². The van der Waals surface area contributed by atoms with E-state index in [1.54, 1.807) is 18.3 Å². The molecule has 14 heavy (non-hydrogen) atoms. The Hall–Kier alpha value is -1.03. The van der Waals surface area contributed by atoms with E-state index in [0.717, 1.165) is 5.75 Å². The van der Waals surface area contributed by atoms with Crippen molar-refractivity contribution in [1.82, 2.24) is 4.98 Å². The number of carboxylic acids is 1. The largest absolute Gasteiger partial charge is 0.478 e. The number of hydrogen-bond donors (Lipinski definition) is 1. The maximum absolute atomic E-state index is 10.8. The predicted octanol–water partition coefficient (Wildman–Crippen LogP) is 2.53. The molecule has 1 rings (SSSR count). The van der Waals surface area contributed by atoms with Crippen LogP contribution in [0, 0.1) is 5.92 Å². The van der Waals surface area contributed by atoms with Gasteiger partial charge >= 0.3 is 5.97 Å². The molecule has 0 amide bonds. The average molecular weight is 211 g/mol. The van der Waals surface area contributed by atoms with E-state index < -0.39 is 5.97 Å². The Bertz CT molecular complexity index is 326. The first-order chi connectivity index (χ1) is 6.61. The van der Waals surface area contributed by atoms with Crippen molar-refractivity contribution in [2.45, 2.75) is 18.9 Å². The van der Waals surface area contributed by atoms with Gasteiger partial charge in [-0.1, -0.05) is 13.8 Å². The number of pyridine rings is 1. The number of carbonyl (C=O) groups is 1. The molecule has 0 unspecified atom stereocenters. The third-order valence-corrected chi connectivity index (χ3v) is 2.99. The van der Waals surface area contributed by atoms with E-state index in [2.05, 4.69) is 18.8 Å². The molecule has 0 saturated heterocycles. The molecule has 0 radical (unpaired) electrons. The average Bonchev–Trinajstić information content (AvgIpc) is 2.15. The van der Waals surface area contributed by atoms with E-state index in [0.29, 0.717) is 10.9 Å². The monoisotopic (exact) mass is 211 g/mol. The molecular formula is C10H13NO2S. The highest BCUT2D eigenvalue weighted by atomic mass is 32.2. The van der Waals surface area contributed by atoms with Crippen LogP contribution in [0.3, 0.4) is 0 Å². The van der Waals surface area contributed by atoms with Crippen LogP contribution in [0.5, 0.6) is 0 Å². The molecule has 0 aromatic carbocycles. The molecule has 1 heterocycles. The fourth-order valence-corrected chi connectivity index (χ4v) is 1.85. The minimum absolute atomic E-state index is 0.290. The summed E-state index contributed by atoms with van der Waals surface area (Å²) in [5, 5.41) is 9.48. The number of aromatic nitrogens is 1. The van der Waals surface area contributed by atoms with Crippen LogP contribution in [0.15, 0.2) is 23.4 Å². The van der Waals surface area contributed by atoms with Gasteiger partial charge in [-0.3, -0.25) is 0 Å². The van der Waals surface area contributed by atoms with Gasteiger partial charge in [0, 0.05) is 11.9 Å². The van der Waals surface area contributed by atoms with Crippen LogP contribution in [-0.4, -0.2) is 21.8 Å². The summed E-state index contributed by atoms with van der Waals surface area (Å²) in [6.45, 7) is 4.19. The molecule has 0 aliphatic carbocycles. The van der Waals surface area contributed by atoms with E-state index in [1.165, 1.54) is 11.8 Å². The lowest BCUT2D eigenvalue weighted by molar-refractivity contribution is 0.0692. The van der Waals surface area contributed by atoms with E-state index >= 15 is 0 Å². The normalized spacial score (nSPS) is 10.5. The fraction of sp³-hybridized carbons (Fsp3) is 0.400. The van der Waals surface area contributed by atoms with Crippen molar-refractivity contribution < 1.29 is 9.90 Å². The topological polar surface area (TPSA) is 50.2 Å². The van der Waals surface area contributed by atoms with E-state index in [1.807, 2.05) is 0 Å². The number of thioether (sulfide) groups is 1. The minimum Gasteiger partial charge on any atom is -0.478 e. The van der Waals surface area contributed by atoms with Gasteiger partial charge < -0.3 is 5.11 Å². The summed E-state index contributed by atoms with van der Waals surface area (Å²) in [6, 6.07) is 3.22. The Balaban J connectivity index is 2.79. The zero-order chi connectivity index (χ0) is 10.6. The van der Waals surface area contributed by atoms with Gasteiger partial charge in [0.15, 0.2) is 0 Å². The first-order valence-corrected chi connectivity index (χ1v) is 5.41. The van der Waals surface area contributed by atoms with Crippen LogP contribution in [0.25, 0.3) is 0 Å². The molecule has 0 bridgehead atoms. The van der Waals surface area contributed by atoms with Crippen molar-refractivity contribution >= 4 is 17.7 Å². The van der Waals surface area contributed by atoms with Gasteiger partial charge in [0.1, 0.15) is 5.03 Å². The summed E-state index contributed by atoms with van der Waals surface area (Å²) in [4.78, 5) is 14.9. The predicted molar refractivity (Wildman–Crippen MR) is 56.8 cm³/mol. The maximum atomic E-state index is 10.8. The molecule has 3 nitrogen and oxygen atoms in total. The van der Waals surface area contributed by atoms with Gasteiger partial charge in [-0.2, -0.15) is 0 Å². The molecular weight excluding hydrogens is 198 g/mol. The number of nitrogens with zero attached hydrogens (tertiary/aromatic N) is 1. The number of carboxylic acid groups (broad SMARTS) is 1. The van der Waals surface area contributed by atoms with Gasteiger partial charge in [0.25, 0.3) is 0 Å². The van der Waals surface area contributed by atoms with Crippen LogP contribution >= 0.6 is 11.8 Å². The van der Waals surface area contributed by atoms with Crippen molar-refractivity contribution in [1.29, 1.82) is 0 Å². The van der Waals surface area contributed by atoms with Gasteiger partial charge in [-0.05, 0) is 18.1 Å². The molecule has 1 aromatic rings. The zero-order valence-corrected chi connectivity index (χ0v) is 9.04. The SMILES string of the molecule is CC(C)CSc1ncccc1C(=O)O. The quantitative estimate of drug-likeness (QED) is 0.777. The maximum Gasteiger partial charge on any atom is 0.338 e. The molecule has 4 heteroatoms. The third-order valence-electron chi connectivity index (χ3n) is 1.55. The lowest BCUT2D eigenvalue weighted by Crippen LogP contribution is -2.01. The van der Waals surface area contributed by atoms with E-state index in [-0.39, 0.29) is 5.56 Å². The second-order valence-electron chi connectivity index (χ2n) is 3.37. The summed E-state index contributed by atoms with van der Waals surface area (Å²) < 4.78 is 0. The Morgan fingerprint density at radius 3 is 2.93 bits per heavy atom. The van der Waals surface area contributed by atoms with E-state index in [4.69, 9.17) is 5.11 Å². The summed E-state index contributed by atoms with van der Waals surface area (Å²) in [7, 11) is 0. The molecule has 0 aliphatic rings. The molecule has 0 saturated carbocycles. The molecule has 76 valence electrons. The highest BCUT2D eigenvalue weighted by Crippen LogP contribution is 2.21. The van der Waals surface area contributed by atoms with Crippen molar-refractivity contribution in [2.75, 3.05) is 5.75 Å². The lowest BCUT2D eigenvalue weighted by Gasteiger charge is -2.05. The summed E-state index contributed by atoms with van der Waals surface area (Å²) >= 11 is 1.49. The third kappa shape index (κ3) is 3.03. The Labute approximate surface area is 87.6 Å². The highest BCUT2D eigenvalue weighted by molar-refractivity contribution is 7.99. The fourth-order valence-electron chi connectivity index (χ4n) is 0.914. The lowest BCUT2D eigenvalue weighted by atomic mass is 10.3. The molecule has 0 fully saturated rings. The van der Waals surface area contributed by atoms with Crippen molar-refractivity contribution in [3.05, 3.63) is 23.9 Å². The van der Waals surface area contributed by atoms with Crippen LogP contribution in [0.4, 0.5) is 0 Å². The van der Waals surface area contributed by atoms with Crippen molar-refractivity contribution in [3.63, 3.8) is 0 Å². The van der Waals surface area contributed by atoms with Gasteiger partial charge in [-0.25, -0.2) is 9.78 Å². The second kappa shape index (κ2) is 5.00. The zero-order valence-electron chi connectivity index (χ0n) is 8.23. The Kier molecular flexibility index (Phi) is 3.95.